The molecule has 0 bridgehead atoms. The summed E-state index contributed by atoms with van der Waals surface area (Å²) in [5, 5.41) is 20.2. The first-order valence-electron chi connectivity index (χ1n) is 9.11. The first-order valence-corrected chi connectivity index (χ1v) is 10.2. The Bertz CT molecular complexity index is 914. The van der Waals surface area contributed by atoms with Gasteiger partial charge in [-0.15, -0.1) is 0 Å². The molecule has 0 aromatic heterocycles. The molecule has 1 saturated heterocycles. The van der Waals surface area contributed by atoms with Crippen molar-refractivity contribution in [3.8, 4) is 16.9 Å². The van der Waals surface area contributed by atoms with E-state index < -0.39 is 11.9 Å². The number of carbonyl (C=O) groups is 2. The summed E-state index contributed by atoms with van der Waals surface area (Å²) in [4.78, 5) is 19.1. The minimum atomic E-state index is -1.26. The van der Waals surface area contributed by atoms with Gasteiger partial charge in [-0.1, -0.05) is 65.1 Å². The maximum atomic E-state index is 9.55. The highest BCUT2D eigenvalue weighted by Crippen LogP contribution is 2.45. The molecule has 0 unspecified atom stereocenters. The molecule has 1 aliphatic heterocycles. The summed E-state index contributed by atoms with van der Waals surface area (Å²) in [6.45, 7) is 2.65. The summed E-state index contributed by atoms with van der Waals surface area (Å²) in [7, 11) is 0. The van der Waals surface area contributed by atoms with Gasteiger partial charge in [0.25, 0.3) is 0 Å². The molecular formula is C21H20Cl3NO6. The van der Waals surface area contributed by atoms with E-state index in [-0.39, 0.29) is 6.10 Å². The average Bonchev–Trinajstić information content (AvgIpc) is 2.74. The standard InChI is InChI=1S/C17H16Cl3NO2.C4H4O4/c18-13-8-14(19)17(23-10-12-9-21-6-7-22-12)16(20)15(13)11-4-2-1-3-5-11;5-3(6)1-2-4(7)8/h1-5,8,12,21H,6-7,9-10H2;1-2H,(H,5,6)(H,7,8)/b;2-1+/t12-;/m0./s1. The van der Waals surface area contributed by atoms with E-state index in [0.717, 1.165) is 24.2 Å². The number of ether oxygens (including phenoxy) is 2. The summed E-state index contributed by atoms with van der Waals surface area (Å²) >= 11 is 19.1. The van der Waals surface area contributed by atoms with Gasteiger partial charge < -0.3 is 25.0 Å². The van der Waals surface area contributed by atoms with Gasteiger partial charge in [0, 0.05) is 30.8 Å². The second-order valence-electron chi connectivity index (χ2n) is 6.24. The number of rotatable bonds is 6. The second kappa shape index (κ2) is 12.5. The molecule has 0 aliphatic carbocycles. The molecule has 1 heterocycles. The van der Waals surface area contributed by atoms with Gasteiger partial charge in [-0.05, 0) is 11.6 Å². The Labute approximate surface area is 194 Å². The molecule has 166 valence electrons. The van der Waals surface area contributed by atoms with Crippen LogP contribution in [-0.4, -0.2) is 54.6 Å². The van der Waals surface area contributed by atoms with Crippen LogP contribution in [0.2, 0.25) is 15.1 Å². The number of morpholine rings is 1. The number of carboxylic acid groups (broad SMARTS) is 2. The van der Waals surface area contributed by atoms with E-state index in [2.05, 4.69) is 5.32 Å². The highest BCUT2D eigenvalue weighted by molar-refractivity contribution is 6.43. The Morgan fingerprint density at radius 3 is 2.29 bits per heavy atom. The molecule has 0 radical (unpaired) electrons. The number of aliphatic carboxylic acids is 2. The van der Waals surface area contributed by atoms with Crippen LogP contribution in [0.3, 0.4) is 0 Å². The van der Waals surface area contributed by atoms with Crippen molar-refractivity contribution in [1.29, 1.82) is 0 Å². The number of benzene rings is 2. The normalized spacial score (nSPS) is 15.8. The van der Waals surface area contributed by atoms with Gasteiger partial charge in [-0.25, -0.2) is 9.59 Å². The summed E-state index contributed by atoms with van der Waals surface area (Å²) < 4.78 is 11.5. The first kappa shape index (κ1) is 25.0. The van der Waals surface area contributed by atoms with Gasteiger partial charge in [0.05, 0.1) is 21.7 Å². The smallest absolute Gasteiger partial charge is 0.328 e. The fourth-order valence-electron chi connectivity index (χ4n) is 2.62. The molecule has 0 amide bonds. The quantitative estimate of drug-likeness (QED) is 0.518. The van der Waals surface area contributed by atoms with Gasteiger partial charge in [0.2, 0.25) is 0 Å². The molecule has 1 aliphatic rings. The van der Waals surface area contributed by atoms with Gasteiger partial charge in [0.1, 0.15) is 12.7 Å². The van der Waals surface area contributed by atoms with E-state index in [1.54, 1.807) is 6.07 Å². The van der Waals surface area contributed by atoms with Crippen molar-refractivity contribution >= 4 is 46.7 Å². The predicted octanol–water partition coefficient (Wildman–Crippen LogP) is 4.39. The largest absolute Gasteiger partial charge is 0.488 e. The van der Waals surface area contributed by atoms with Crippen LogP contribution in [0.25, 0.3) is 11.1 Å². The number of hydrogen-bond donors (Lipinski definition) is 3. The molecule has 1 atom stereocenters. The fraction of sp³-hybridized carbons (Fsp3) is 0.238. The van der Waals surface area contributed by atoms with Crippen LogP contribution in [0.1, 0.15) is 0 Å². The second-order valence-corrected chi connectivity index (χ2v) is 7.43. The SMILES string of the molecule is Clc1cc(Cl)c(-c2ccccc2)c(Cl)c1OC[C@@H]1CNCCO1.O=C(O)/C=C/C(=O)O. The van der Waals surface area contributed by atoms with Crippen molar-refractivity contribution < 1.29 is 29.3 Å². The fourth-order valence-corrected chi connectivity index (χ4v) is 3.71. The Balaban J connectivity index is 0.000000366. The molecular weight excluding hydrogens is 469 g/mol. The van der Waals surface area contributed by atoms with Crippen LogP contribution >= 0.6 is 34.8 Å². The number of nitrogens with one attached hydrogen (secondary N) is 1. The van der Waals surface area contributed by atoms with Gasteiger partial charge in [-0.2, -0.15) is 0 Å². The van der Waals surface area contributed by atoms with E-state index in [1.165, 1.54) is 0 Å². The summed E-state index contributed by atoms with van der Waals surface area (Å²) in [6.07, 6.45) is 1.09. The van der Waals surface area contributed by atoms with Crippen molar-refractivity contribution in [3.63, 3.8) is 0 Å². The minimum absolute atomic E-state index is 0.0215. The molecule has 2 aromatic carbocycles. The summed E-state index contributed by atoms with van der Waals surface area (Å²) in [5.41, 5.74) is 1.63. The minimum Gasteiger partial charge on any atom is -0.488 e. The molecule has 0 spiro atoms. The molecule has 10 heteroatoms. The zero-order valence-corrected chi connectivity index (χ0v) is 18.5. The van der Waals surface area contributed by atoms with Crippen molar-refractivity contribution in [2.45, 2.75) is 6.10 Å². The maximum absolute atomic E-state index is 9.55. The third-order valence-corrected chi connectivity index (χ3v) is 4.92. The zero-order chi connectivity index (χ0) is 22.8. The van der Waals surface area contributed by atoms with Gasteiger partial charge in [-0.3, -0.25) is 0 Å². The number of hydrogen-bond acceptors (Lipinski definition) is 5. The van der Waals surface area contributed by atoms with Crippen LogP contribution in [0, 0.1) is 0 Å². The monoisotopic (exact) mass is 487 g/mol. The first-order chi connectivity index (χ1) is 14.8. The topological polar surface area (TPSA) is 105 Å². The number of halogens is 3. The van der Waals surface area contributed by atoms with Gasteiger partial charge in [0.15, 0.2) is 5.75 Å². The number of carboxylic acids is 2. The van der Waals surface area contributed by atoms with E-state index in [4.69, 9.17) is 54.5 Å². The van der Waals surface area contributed by atoms with E-state index in [1.807, 2.05) is 30.3 Å². The zero-order valence-electron chi connectivity index (χ0n) is 16.2. The van der Waals surface area contributed by atoms with Crippen molar-refractivity contribution in [3.05, 3.63) is 63.6 Å². The highest BCUT2D eigenvalue weighted by Gasteiger charge is 2.20. The summed E-state index contributed by atoms with van der Waals surface area (Å²) in [6, 6.07) is 11.3. The lowest BCUT2D eigenvalue weighted by Crippen LogP contribution is -2.41. The highest BCUT2D eigenvalue weighted by atomic mass is 35.5. The molecule has 3 rings (SSSR count). The van der Waals surface area contributed by atoms with E-state index >= 15 is 0 Å². The van der Waals surface area contributed by atoms with Crippen molar-refractivity contribution in [2.24, 2.45) is 0 Å². The van der Waals surface area contributed by atoms with Crippen LogP contribution in [0.4, 0.5) is 0 Å². The van der Waals surface area contributed by atoms with Gasteiger partial charge >= 0.3 is 11.9 Å². The van der Waals surface area contributed by atoms with E-state index in [0.29, 0.717) is 46.2 Å². The average molecular weight is 489 g/mol. The predicted molar refractivity (Wildman–Crippen MR) is 119 cm³/mol. The lowest BCUT2D eigenvalue weighted by atomic mass is 10.1. The Kier molecular flexibility index (Phi) is 10.1. The molecule has 3 N–H and O–H groups in total. The van der Waals surface area contributed by atoms with Crippen LogP contribution in [0.5, 0.6) is 5.75 Å². The molecule has 31 heavy (non-hydrogen) atoms. The molecule has 1 fully saturated rings. The maximum Gasteiger partial charge on any atom is 0.328 e. The summed E-state index contributed by atoms with van der Waals surface area (Å²) in [5.74, 6) is -2.08. The third-order valence-electron chi connectivity index (χ3n) is 3.98. The van der Waals surface area contributed by atoms with E-state index in [9.17, 15) is 9.59 Å². The van der Waals surface area contributed by atoms with Crippen LogP contribution in [0.15, 0.2) is 48.6 Å². The van der Waals surface area contributed by atoms with Crippen molar-refractivity contribution in [2.75, 3.05) is 26.3 Å². The lowest BCUT2D eigenvalue weighted by Gasteiger charge is -2.24. The Morgan fingerprint density at radius 1 is 1.10 bits per heavy atom. The molecule has 2 aromatic rings. The lowest BCUT2D eigenvalue weighted by molar-refractivity contribution is -0.134. The Hall–Kier alpha value is -2.29. The Morgan fingerprint density at radius 2 is 1.74 bits per heavy atom. The van der Waals surface area contributed by atoms with Crippen LogP contribution in [-0.2, 0) is 14.3 Å². The van der Waals surface area contributed by atoms with Crippen LogP contribution < -0.4 is 10.1 Å². The molecule has 7 nitrogen and oxygen atoms in total. The molecule has 0 saturated carbocycles. The van der Waals surface area contributed by atoms with Crippen molar-refractivity contribution in [1.82, 2.24) is 5.32 Å². The third kappa shape index (κ3) is 8.05.